The minimum Gasteiger partial charge on any atom is -0.154 e. The van der Waals surface area contributed by atoms with Crippen molar-refractivity contribution in [2.45, 2.75) is 27.7 Å². The molecule has 0 radical (unpaired) electrons. The van der Waals surface area contributed by atoms with Crippen molar-refractivity contribution in [2.75, 3.05) is 0 Å². The molecule has 0 saturated heterocycles. The Morgan fingerprint density at radius 1 is 0.565 bits per heavy atom. The second-order valence-corrected chi connectivity index (χ2v) is 6.08. The Bertz CT molecular complexity index is 844. The Balaban J connectivity index is 0.000000160. The van der Waals surface area contributed by atoms with E-state index in [0.717, 1.165) is 0 Å². The number of rotatable bonds is 0. The maximum atomic E-state index is 2.24. The molecule has 1 heteroatoms. The van der Waals surface area contributed by atoms with E-state index in [1.165, 1.54) is 43.8 Å². The van der Waals surface area contributed by atoms with Gasteiger partial charge in [0, 0.05) is 0 Å². The van der Waals surface area contributed by atoms with Crippen LogP contribution in [0.25, 0.3) is 21.5 Å². The smallest absolute Gasteiger partial charge is 0.154 e. The van der Waals surface area contributed by atoms with Crippen LogP contribution in [0.4, 0.5) is 0 Å². The summed E-state index contributed by atoms with van der Waals surface area (Å²) in [6.07, 6.45) is 0. The zero-order valence-corrected chi connectivity index (χ0v) is 15.8. The molecule has 0 aliphatic heterocycles. The van der Waals surface area contributed by atoms with E-state index in [9.17, 15) is 0 Å². The summed E-state index contributed by atoms with van der Waals surface area (Å²) in [5.74, 6) is 0. The summed E-state index contributed by atoms with van der Waals surface area (Å²) in [5.41, 5.74) is 5.62. The normalized spacial score (nSPS) is 10.3. The summed E-state index contributed by atoms with van der Waals surface area (Å²) in [4.78, 5) is 0. The van der Waals surface area contributed by atoms with Crippen molar-refractivity contribution in [3.05, 3.63) is 82.9 Å². The summed E-state index contributed by atoms with van der Waals surface area (Å²) >= 11 is 0. The standard InChI is InChI=1S/2C11H11.Ti/c2*1-8-7-10-5-3-4-6-11(10)9(8)2;/h2*3-7H,1-2H3;/q2*-1;+2. The van der Waals surface area contributed by atoms with Crippen LogP contribution in [0, 0.1) is 27.7 Å². The van der Waals surface area contributed by atoms with Gasteiger partial charge < -0.3 is 0 Å². The van der Waals surface area contributed by atoms with Crippen molar-refractivity contribution in [1.82, 2.24) is 0 Å². The summed E-state index contributed by atoms with van der Waals surface area (Å²) in [7, 11) is 0. The molecule has 4 aromatic carbocycles. The Morgan fingerprint density at radius 3 is 1.26 bits per heavy atom. The third-order valence-corrected chi connectivity index (χ3v) is 4.66. The second-order valence-electron chi connectivity index (χ2n) is 6.08. The Kier molecular flexibility index (Phi) is 5.62. The third kappa shape index (κ3) is 3.49. The van der Waals surface area contributed by atoms with Crippen molar-refractivity contribution in [2.24, 2.45) is 0 Å². The Labute approximate surface area is 153 Å². The van der Waals surface area contributed by atoms with E-state index in [1.54, 1.807) is 0 Å². The zero-order chi connectivity index (χ0) is 15.7. The van der Waals surface area contributed by atoms with Crippen LogP contribution in [-0.2, 0) is 21.7 Å². The van der Waals surface area contributed by atoms with Gasteiger partial charge in [-0.05, 0) is 0 Å². The van der Waals surface area contributed by atoms with Crippen molar-refractivity contribution < 1.29 is 21.7 Å². The summed E-state index contributed by atoms with van der Waals surface area (Å²) in [5, 5.41) is 5.51. The van der Waals surface area contributed by atoms with E-state index in [4.69, 9.17) is 0 Å². The van der Waals surface area contributed by atoms with Gasteiger partial charge in [0.1, 0.15) is 0 Å². The van der Waals surface area contributed by atoms with Gasteiger partial charge in [-0.15, -0.1) is 81.2 Å². The number of hydrogen-bond donors (Lipinski definition) is 0. The van der Waals surface area contributed by atoms with E-state index in [1.807, 2.05) is 0 Å². The van der Waals surface area contributed by atoms with Crippen LogP contribution >= 0.6 is 0 Å². The molecule has 0 fully saturated rings. The topological polar surface area (TPSA) is 0 Å². The minimum absolute atomic E-state index is 0. The van der Waals surface area contributed by atoms with Gasteiger partial charge in [0.15, 0.2) is 0 Å². The maximum Gasteiger partial charge on any atom is 2.00 e. The molecule has 0 nitrogen and oxygen atoms in total. The molecule has 0 bridgehead atoms. The first kappa shape index (κ1) is 17.7. The minimum atomic E-state index is 0. The Morgan fingerprint density at radius 2 is 0.913 bits per heavy atom. The number of hydrogen-bond acceptors (Lipinski definition) is 0. The molecule has 0 amide bonds. The third-order valence-electron chi connectivity index (χ3n) is 4.66. The molecular weight excluding hydrogens is 312 g/mol. The summed E-state index contributed by atoms with van der Waals surface area (Å²) < 4.78 is 0. The van der Waals surface area contributed by atoms with E-state index in [-0.39, 0.29) is 21.7 Å². The number of fused-ring (bicyclic) bond motifs is 2. The fourth-order valence-corrected chi connectivity index (χ4v) is 3.04. The first-order valence-electron chi connectivity index (χ1n) is 7.81. The molecule has 0 saturated carbocycles. The van der Waals surface area contributed by atoms with Gasteiger partial charge in [0.05, 0.1) is 0 Å². The van der Waals surface area contributed by atoms with E-state index < -0.39 is 0 Å². The van der Waals surface area contributed by atoms with E-state index in [2.05, 4.69) is 88.4 Å². The molecule has 0 aromatic heterocycles. The van der Waals surface area contributed by atoms with Crippen LogP contribution in [0.1, 0.15) is 22.3 Å². The SMILES string of the molecule is Cc1[cH-]c2ccccc2c1C.Cc1[cH-]c2ccccc2c1C.[Ti+2]. The molecule has 0 N–H and O–H groups in total. The average Bonchev–Trinajstić information content (AvgIpc) is 2.98. The summed E-state index contributed by atoms with van der Waals surface area (Å²) in [6.45, 7) is 8.68. The number of benzene rings is 2. The van der Waals surface area contributed by atoms with Crippen LogP contribution in [0.5, 0.6) is 0 Å². The number of aryl methyl sites for hydroxylation is 4. The molecule has 4 aromatic rings. The van der Waals surface area contributed by atoms with Gasteiger partial charge in [-0.25, -0.2) is 0 Å². The quantitative estimate of drug-likeness (QED) is 0.260. The van der Waals surface area contributed by atoms with Gasteiger partial charge in [-0.2, -0.15) is 11.1 Å². The van der Waals surface area contributed by atoms with Crippen molar-refractivity contribution in [1.29, 1.82) is 0 Å². The van der Waals surface area contributed by atoms with Crippen LogP contribution < -0.4 is 0 Å². The van der Waals surface area contributed by atoms with Gasteiger partial charge >= 0.3 is 21.7 Å². The molecular formula is C22H22Ti. The Hall–Kier alpha value is -1.63. The molecule has 114 valence electrons. The first-order valence-corrected chi connectivity index (χ1v) is 7.81. The molecule has 0 atom stereocenters. The van der Waals surface area contributed by atoms with Crippen LogP contribution in [-0.4, -0.2) is 0 Å². The monoisotopic (exact) mass is 334 g/mol. The van der Waals surface area contributed by atoms with Gasteiger partial charge in [0.2, 0.25) is 0 Å². The van der Waals surface area contributed by atoms with Crippen LogP contribution in [0.2, 0.25) is 0 Å². The van der Waals surface area contributed by atoms with Gasteiger partial charge in [-0.3, -0.25) is 0 Å². The van der Waals surface area contributed by atoms with E-state index in [0.29, 0.717) is 0 Å². The zero-order valence-electron chi connectivity index (χ0n) is 14.3. The predicted molar refractivity (Wildman–Crippen MR) is 98.0 cm³/mol. The van der Waals surface area contributed by atoms with Crippen molar-refractivity contribution in [3.8, 4) is 0 Å². The second kappa shape index (κ2) is 7.30. The van der Waals surface area contributed by atoms with Gasteiger partial charge in [0.25, 0.3) is 0 Å². The molecule has 23 heavy (non-hydrogen) atoms. The predicted octanol–water partition coefficient (Wildman–Crippen LogP) is 6.35. The molecule has 0 unspecified atom stereocenters. The maximum absolute atomic E-state index is 2.24. The molecule has 0 heterocycles. The van der Waals surface area contributed by atoms with Crippen LogP contribution in [0.3, 0.4) is 0 Å². The molecule has 0 aliphatic rings. The summed E-state index contributed by atoms with van der Waals surface area (Å²) in [6, 6.07) is 21.5. The van der Waals surface area contributed by atoms with Gasteiger partial charge in [-0.1, -0.05) is 39.8 Å². The molecule has 0 spiro atoms. The fourth-order valence-electron chi connectivity index (χ4n) is 3.04. The average molecular weight is 334 g/mol. The molecule has 0 aliphatic carbocycles. The first-order chi connectivity index (χ1) is 10.6. The van der Waals surface area contributed by atoms with Crippen molar-refractivity contribution in [3.63, 3.8) is 0 Å². The van der Waals surface area contributed by atoms with Crippen molar-refractivity contribution >= 4 is 21.5 Å². The largest absolute Gasteiger partial charge is 2.00 e. The van der Waals surface area contributed by atoms with E-state index >= 15 is 0 Å². The van der Waals surface area contributed by atoms with Crippen LogP contribution in [0.15, 0.2) is 60.7 Å². The fraction of sp³-hybridized carbons (Fsp3) is 0.182. The molecule has 4 rings (SSSR count).